The smallest absolute Gasteiger partial charge is 0.254 e. The van der Waals surface area contributed by atoms with Crippen molar-refractivity contribution in [3.63, 3.8) is 0 Å². The van der Waals surface area contributed by atoms with Crippen LogP contribution in [-0.4, -0.2) is 50.5 Å². The minimum atomic E-state index is 0.0939. The zero-order valence-corrected chi connectivity index (χ0v) is 15.6. The van der Waals surface area contributed by atoms with E-state index in [0.717, 1.165) is 47.5 Å². The van der Waals surface area contributed by atoms with E-state index in [1.807, 2.05) is 59.1 Å². The van der Waals surface area contributed by atoms with Gasteiger partial charge in [-0.15, -0.1) is 11.8 Å². The minimum absolute atomic E-state index is 0.0939. The number of ether oxygens (including phenoxy) is 1. The highest BCUT2D eigenvalue weighted by atomic mass is 32.2. The van der Waals surface area contributed by atoms with E-state index < -0.39 is 0 Å². The van der Waals surface area contributed by atoms with Gasteiger partial charge in [0.15, 0.2) is 0 Å². The summed E-state index contributed by atoms with van der Waals surface area (Å²) in [4.78, 5) is 23.4. The summed E-state index contributed by atoms with van der Waals surface area (Å²) in [6.07, 6.45) is 6.36. The Kier molecular flexibility index (Phi) is 4.01. The number of hydrogen-bond donors (Lipinski definition) is 0. The lowest BCUT2D eigenvalue weighted by Crippen LogP contribution is -2.60. The van der Waals surface area contributed by atoms with E-state index in [1.165, 1.54) is 0 Å². The fourth-order valence-corrected chi connectivity index (χ4v) is 5.48. The van der Waals surface area contributed by atoms with Gasteiger partial charge in [-0.25, -0.2) is 0 Å². The Balaban J connectivity index is 1.26. The summed E-state index contributed by atoms with van der Waals surface area (Å²) in [5, 5.41) is 0.919. The second kappa shape index (κ2) is 6.53. The number of para-hydroxylation sites is 1. The molecule has 0 aliphatic carbocycles. The summed E-state index contributed by atoms with van der Waals surface area (Å²) in [6, 6.07) is 13.4. The number of carbonyl (C=O) groups excluding carboxylic acids is 1. The van der Waals surface area contributed by atoms with Crippen molar-refractivity contribution in [3.05, 3.63) is 66.6 Å². The molecule has 0 bridgehead atoms. The molecular formula is C21H19N3O2S. The second-order valence-corrected chi connectivity index (χ2v) is 8.65. The van der Waals surface area contributed by atoms with Crippen LogP contribution in [-0.2, 0) is 0 Å². The zero-order valence-electron chi connectivity index (χ0n) is 14.7. The third-order valence-electron chi connectivity index (χ3n) is 5.24. The molecule has 0 saturated carbocycles. The summed E-state index contributed by atoms with van der Waals surface area (Å²) in [7, 11) is 0. The van der Waals surface area contributed by atoms with Crippen LogP contribution in [0.25, 0.3) is 10.9 Å². The van der Waals surface area contributed by atoms with Gasteiger partial charge in [0.05, 0.1) is 22.0 Å². The fraction of sp³-hybridized carbons (Fsp3) is 0.286. The maximum absolute atomic E-state index is 13.0. The number of carbonyl (C=O) groups is 1. The van der Waals surface area contributed by atoms with Gasteiger partial charge in [-0.3, -0.25) is 14.8 Å². The van der Waals surface area contributed by atoms with Gasteiger partial charge in [0, 0.05) is 43.0 Å². The highest BCUT2D eigenvalue weighted by molar-refractivity contribution is 8.01. The number of fused-ring (bicyclic) bond motifs is 1. The first-order valence-corrected chi connectivity index (χ1v) is 10.0. The van der Waals surface area contributed by atoms with E-state index in [4.69, 9.17) is 4.74 Å². The van der Waals surface area contributed by atoms with Crippen LogP contribution >= 0.6 is 11.8 Å². The molecule has 136 valence electrons. The molecule has 2 fully saturated rings. The van der Waals surface area contributed by atoms with Gasteiger partial charge in [0.2, 0.25) is 0 Å². The largest absolute Gasteiger partial charge is 0.488 e. The predicted octanol–water partition coefficient (Wildman–Crippen LogP) is 3.41. The number of likely N-dealkylation sites (tertiary alicyclic amines) is 1. The molecule has 0 radical (unpaired) electrons. The monoisotopic (exact) mass is 377 g/mol. The zero-order chi connectivity index (χ0) is 18.3. The molecule has 5 nitrogen and oxygen atoms in total. The molecule has 2 aliphatic heterocycles. The first-order valence-electron chi connectivity index (χ1n) is 9.06. The van der Waals surface area contributed by atoms with Crippen molar-refractivity contribution in [1.82, 2.24) is 14.9 Å². The molecule has 1 atom stereocenters. The third-order valence-corrected chi connectivity index (χ3v) is 6.81. The lowest BCUT2D eigenvalue weighted by molar-refractivity contribution is 0.0520. The number of amides is 1. The minimum Gasteiger partial charge on any atom is -0.488 e. The van der Waals surface area contributed by atoms with E-state index in [2.05, 4.69) is 9.97 Å². The third kappa shape index (κ3) is 3.04. The quantitative estimate of drug-likeness (QED) is 0.700. The molecule has 2 saturated heterocycles. The molecule has 1 amide bonds. The summed E-state index contributed by atoms with van der Waals surface area (Å²) >= 11 is 1.93. The Labute approximate surface area is 161 Å². The lowest BCUT2D eigenvalue weighted by Gasteiger charge is -2.47. The average molecular weight is 377 g/mol. The maximum Gasteiger partial charge on any atom is 0.254 e. The van der Waals surface area contributed by atoms with Crippen molar-refractivity contribution < 1.29 is 9.53 Å². The molecular weight excluding hydrogens is 358 g/mol. The molecule has 0 N–H and O–H groups in total. The van der Waals surface area contributed by atoms with Crippen molar-refractivity contribution in [2.45, 2.75) is 17.3 Å². The molecule has 6 heteroatoms. The first kappa shape index (κ1) is 16.6. The number of aromatic nitrogens is 2. The summed E-state index contributed by atoms with van der Waals surface area (Å²) in [5.41, 5.74) is 1.60. The van der Waals surface area contributed by atoms with Gasteiger partial charge in [0.1, 0.15) is 11.9 Å². The number of hydrogen-bond acceptors (Lipinski definition) is 5. The Morgan fingerprint density at radius 1 is 1.15 bits per heavy atom. The number of benzene rings is 1. The number of pyridine rings is 2. The molecule has 2 aromatic heterocycles. The van der Waals surface area contributed by atoms with Gasteiger partial charge < -0.3 is 9.64 Å². The average Bonchev–Trinajstić information content (AvgIpc) is 3.11. The molecule has 0 unspecified atom stereocenters. The fourth-order valence-electron chi connectivity index (χ4n) is 3.95. The normalized spacial score (nSPS) is 20.6. The molecule has 5 rings (SSSR count). The van der Waals surface area contributed by atoms with Gasteiger partial charge in [-0.2, -0.15) is 0 Å². The molecule has 2 aliphatic rings. The molecule has 1 spiro atoms. The molecule has 4 heterocycles. The summed E-state index contributed by atoms with van der Waals surface area (Å²) in [5.74, 6) is 1.86. The van der Waals surface area contributed by atoms with Gasteiger partial charge in [0.25, 0.3) is 5.91 Å². The van der Waals surface area contributed by atoms with Crippen LogP contribution in [0.4, 0.5) is 0 Å². The molecule has 27 heavy (non-hydrogen) atoms. The van der Waals surface area contributed by atoms with Gasteiger partial charge >= 0.3 is 0 Å². The van der Waals surface area contributed by atoms with Crippen LogP contribution in [0.15, 0.2) is 61.1 Å². The summed E-state index contributed by atoms with van der Waals surface area (Å²) in [6.45, 7) is 1.56. The number of rotatable bonds is 3. The van der Waals surface area contributed by atoms with Crippen LogP contribution in [0.3, 0.4) is 0 Å². The predicted molar refractivity (Wildman–Crippen MR) is 106 cm³/mol. The van der Waals surface area contributed by atoms with Crippen LogP contribution in [0.5, 0.6) is 5.75 Å². The molecule has 3 aromatic rings. The van der Waals surface area contributed by atoms with Gasteiger partial charge in [-0.1, -0.05) is 18.2 Å². The highest BCUT2D eigenvalue weighted by Gasteiger charge is 2.51. The number of nitrogens with zero attached hydrogens (tertiary/aromatic N) is 3. The Morgan fingerprint density at radius 2 is 2.04 bits per heavy atom. The summed E-state index contributed by atoms with van der Waals surface area (Å²) < 4.78 is 6.18. The van der Waals surface area contributed by atoms with E-state index >= 15 is 0 Å². The Bertz CT molecular complexity index is 984. The van der Waals surface area contributed by atoms with Crippen LogP contribution in [0.1, 0.15) is 16.8 Å². The standard InChI is InChI=1S/C21H19N3O2S/c25-20(18-7-9-23-19-6-2-1-5-17(18)19)24-13-21(14-24)10-16(12-27-21)26-15-4-3-8-22-11-15/h1-9,11,16H,10,12-14H2/t16-/m1/s1. The van der Waals surface area contributed by atoms with Gasteiger partial charge in [-0.05, 0) is 24.3 Å². The Hall–Kier alpha value is -2.60. The van der Waals surface area contributed by atoms with Crippen molar-refractivity contribution in [3.8, 4) is 5.75 Å². The maximum atomic E-state index is 13.0. The molecule has 1 aromatic carbocycles. The van der Waals surface area contributed by atoms with Crippen molar-refractivity contribution >= 4 is 28.6 Å². The number of thioether (sulfide) groups is 1. The van der Waals surface area contributed by atoms with E-state index in [0.29, 0.717) is 0 Å². The second-order valence-electron chi connectivity index (χ2n) is 7.16. The highest BCUT2D eigenvalue weighted by Crippen LogP contribution is 2.46. The van der Waals surface area contributed by atoms with Crippen molar-refractivity contribution in [2.75, 3.05) is 18.8 Å². The van der Waals surface area contributed by atoms with E-state index in [9.17, 15) is 4.79 Å². The lowest BCUT2D eigenvalue weighted by atomic mass is 9.92. The van der Waals surface area contributed by atoms with E-state index in [1.54, 1.807) is 18.6 Å². The SMILES string of the molecule is O=C(c1ccnc2ccccc12)N1CC2(C[C@@H](Oc3cccnc3)CS2)C1. The topological polar surface area (TPSA) is 55.3 Å². The van der Waals surface area contributed by atoms with Crippen LogP contribution in [0.2, 0.25) is 0 Å². The van der Waals surface area contributed by atoms with Crippen LogP contribution < -0.4 is 4.74 Å². The first-order chi connectivity index (χ1) is 13.2. The van der Waals surface area contributed by atoms with E-state index in [-0.39, 0.29) is 16.8 Å². The Morgan fingerprint density at radius 3 is 2.89 bits per heavy atom. The van der Waals surface area contributed by atoms with Crippen LogP contribution in [0, 0.1) is 0 Å². The van der Waals surface area contributed by atoms with Crippen molar-refractivity contribution in [1.29, 1.82) is 0 Å². The van der Waals surface area contributed by atoms with Crippen molar-refractivity contribution in [2.24, 2.45) is 0 Å².